The lowest BCUT2D eigenvalue weighted by Crippen LogP contribution is -2.38. The number of hydrogen-bond donors (Lipinski definition) is 2. The van der Waals surface area contributed by atoms with Crippen molar-refractivity contribution in [3.8, 4) is 0 Å². The van der Waals surface area contributed by atoms with Crippen LogP contribution in [0.3, 0.4) is 0 Å². The molecular formula is C13H18FNO. The molecule has 1 aromatic rings. The summed E-state index contributed by atoms with van der Waals surface area (Å²) in [6.07, 6.45) is 1.34. The fraction of sp³-hybridized carbons (Fsp3) is 0.538. The van der Waals surface area contributed by atoms with Gasteiger partial charge in [0.25, 0.3) is 0 Å². The highest BCUT2D eigenvalue weighted by Crippen LogP contribution is 2.27. The zero-order valence-electron chi connectivity index (χ0n) is 9.54. The molecule has 2 nitrogen and oxygen atoms in total. The maximum Gasteiger partial charge on any atom is 0.126 e. The Hall–Kier alpha value is -0.930. The van der Waals surface area contributed by atoms with Gasteiger partial charge in [-0.3, -0.25) is 0 Å². The van der Waals surface area contributed by atoms with Gasteiger partial charge in [0, 0.05) is 18.9 Å². The molecule has 0 radical (unpaired) electrons. The second-order valence-electron chi connectivity index (χ2n) is 4.82. The van der Waals surface area contributed by atoms with E-state index < -0.39 is 5.60 Å². The van der Waals surface area contributed by atoms with E-state index in [0.29, 0.717) is 12.0 Å². The van der Waals surface area contributed by atoms with Crippen LogP contribution >= 0.6 is 0 Å². The van der Waals surface area contributed by atoms with E-state index in [9.17, 15) is 9.50 Å². The average molecular weight is 223 g/mol. The van der Waals surface area contributed by atoms with Crippen LogP contribution in [-0.4, -0.2) is 23.8 Å². The van der Waals surface area contributed by atoms with Crippen LogP contribution in [-0.2, 0) is 6.42 Å². The number of hydrogen-bond acceptors (Lipinski definition) is 2. The van der Waals surface area contributed by atoms with E-state index in [-0.39, 0.29) is 11.7 Å². The van der Waals surface area contributed by atoms with E-state index in [1.165, 1.54) is 6.07 Å². The molecule has 1 aliphatic rings. The molecule has 2 unspecified atom stereocenters. The molecule has 1 heterocycles. The highest BCUT2D eigenvalue weighted by Gasteiger charge is 2.34. The van der Waals surface area contributed by atoms with Crippen LogP contribution in [0.25, 0.3) is 0 Å². The third-order valence-electron chi connectivity index (χ3n) is 3.45. The summed E-state index contributed by atoms with van der Waals surface area (Å²) in [5.41, 5.74) is -0.231. The standard InChI is InChI=1S/C13H18FNO/c1-13(16,11-6-7-15-9-11)8-10-4-2-3-5-12(10)14/h2-5,11,15-16H,6-9H2,1H3. The molecule has 1 saturated heterocycles. The van der Waals surface area contributed by atoms with Gasteiger partial charge in [0.05, 0.1) is 5.60 Å². The first-order chi connectivity index (χ1) is 7.59. The van der Waals surface area contributed by atoms with Gasteiger partial charge >= 0.3 is 0 Å². The molecule has 2 atom stereocenters. The van der Waals surface area contributed by atoms with Crippen LogP contribution in [0.15, 0.2) is 24.3 Å². The van der Waals surface area contributed by atoms with Crippen LogP contribution in [0.5, 0.6) is 0 Å². The monoisotopic (exact) mass is 223 g/mol. The Morgan fingerprint density at radius 1 is 1.50 bits per heavy atom. The van der Waals surface area contributed by atoms with Crippen molar-refractivity contribution in [3.05, 3.63) is 35.6 Å². The van der Waals surface area contributed by atoms with Gasteiger partial charge in [-0.05, 0) is 31.5 Å². The molecule has 1 aromatic carbocycles. The summed E-state index contributed by atoms with van der Waals surface area (Å²) in [5.74, 6) is -0.0131. The smallest absolute Gasteiger partial charge is 0.126 e. The summed E-state index contributed by atoms with van der Waals surface area (Å²) < 4.78 is 13.5. The van der Waals surface area contributed by atoms with Gasteiger partial charge in [-0.1, -0.05) is 18.2 Å². The Labute approximate surface area is 95.5 Å². The summed E-state index contributed by atoms with van der Waals surface area (Å²) in [4.78, 5) is 0. The lowest BCUT2D eigenvalue weighted by atomic mass is 9.83. The molecule has 16 heavy (non-hydrogen) atoms. The molecule has 1 fully saturated rings. The quantitative estimate of drug-likeness (QED) is 0.818. The molecular weight excluding hydrogens is 205 g/mol. The zero-order valence-corrected chi connectivity index (χ0v) is 9.54. The maximum atomic E-state index is 13.5. The lowest BCUT2D eigenvalue weighted by Gasteiger charge is -2.29. The van der Waals surface area contributed by atoms with Gasteiger partial charge < -0.3 is 10.4 Å². The molecule has 2 rings (SSSR count). The summed E-state index contributed by atoms with van der Waals surface area (Å²) in [7, 11) is 0. The van der Waals surface area contributed by atoms with Gasteiger partial charge in [-0.2, -0.15) is 0 Å². The minimum atomic E-state index is -0.828. The third-order valence-corrected chi connectivity index (χ3v) is 3.45. The van der Waals surface area contributed by atoms with Crippen LogP contribution in [0.1, 0.15) is 18.9 Å². The van der Waals surface area contributed by atoms with E-state index in [1.54, 1.807) is 25.1 Å². The molecule has 2 N–H and O–H groups in total. The minimum absolute atomic E-state index is 0.215. The zero-order chi connectivity index (χ0) is 11.6. The van der Waals surface area contributed by atoms with Crippen molar-refractivity contribution in [2.75, 3.05) is 13.1 Å². The van der Waals surface area contributed by atoms with E-state index in [4.69, 9.17) is 0 Å². The number of rotatable bonds is 3. The second-order valence-corrected chi connectivity index (χ2v) is 4.82. The summed E-state index contributed by atoms with van der Waals surface area (Å²) in [6, 6.07) is 6.66. The van der Waals surface area contributed by atoms with Crippen molar-refractivity contribution < 1.29 is 9.50 Å². The molecule has 0 saturated carbocycles. The van der Waals surface area contributed by atoms with Gasteiger partial charge in [0.2, 0.25) is 0 Å². The van der Waals surface area contributed by atoms with Crippen molar-refractivity contribution >= 4 is 0 Å². The number of benzene rings is 1. The topological polar surface area (TPSA) is 32.3 Å². The van der Waals surface area contributed by atoms with E-state index >= 15 is 0 Å². The van der Waals surface area contributed by atoms with Crippen LogP contribution in [0, 0.1) is 11.7 Å². The Bertz CT molecular complexity index is 359. The van der Waals surface area contributed by atoms with Crippen LogP contribution in [0.4, 0.5) is 4.39 Å². The Morgan fingerprint density at radius 3 is 2.88 bits per heavy atom. The van der Waals surface area contributed by atoms with Gasteiger partial charge in [0.1, 0.15) is 5.82 Å². The SMILES string of the molecule is CC(O)(Cc1ccccc1F)C1CCNC1. The lowest BCUT2D eigenvalue weighted by molar-refractivity contribution is 0.00655. The highest BCUT2D eigenvalue weighted by atomic mass is 19.1. The largest absolute Gasteiger partial charge is 0.389 e. The molecule has 0 spiro atoms. The third kappa shape index (κ3) is 2.42. The van der Waals surface area contributed by atoms with Crippen molar-refractivity contribution in [1.82, 2.24) is 5.32 Å². The first-order valence-corrected chi connectivity index (χ1v) is 5.76. The Balaban J connectivity index is 2.10. The van der Waals surface area contributed by atoms with Crippen molar-refractivity contribution in [3.63, 3.8) is 0 Å². The van der Waals surface area contributed by atoms with Crippen molar-refractivity contribution in [2.45, 2.75) is 25.4 Å². The van der Waals surface area contributed by atoms with Crippen LogP contribution in [0.2, 0.25) is 0 Å². The second kappa shape index (κ2) is 4.52. The first kappa shape index (κ1) is 11.6. The molecule has 0 bridgehead atoms. The molecule has 1 aliphatic heterocycles. The minimum Gasteiger partial charge on any atom is -0.389 e. The van der Waals surface area contributed by atoms with Gasteiger partial charge in [0.15, 0.2) is 0 Å². The fourth-order valence-corrected chi connectivity index (χ4v) is 2.36. The fourth-order valence-electron chi connectivity index (χ4n) is 2.36. The van der Waals surface area contributed by atoms with Crippen molar-refractivity contribution in [2.24, 2.45) is 5.92 Å². The Morgan fingerprint density at radius 2 is 2.25 bits per heavy atom. The van der Waals surface area contributed by atoms with E-state index in [2.05, 4.69) is 5.32 Å². The van der Waals surface area contributed by atoms with Crippen molar-refractivity contribution in [1.29, 1.82) is 0 Å². The number of halogens is 1. The number of aliphatic hydroxyl groups is 1. The van der Waals surface area contributed by atoms with E-state index in [0.717, 1.165) is 19.5 Å². The predicted molar refractivity (Wildman–Crippen MR) is 61.7 cm³/mol. The highest BCUT2D eigenvalue weighted by molar-refractivity contribution is 5.19. The number of nitrogens with one attached hydrogen (secondary N) is 1. The summed E-state index contributed by atoms with van der Waals surface area (Å²) in [5, 5.41) is 13.6. The average Bonchev–Trinajstić information content (AvgIpc) is 2.75. The molecule has 0 aromatic heterocycles. The molecule has 0 aliphatic carbocycles. The molecule has 0 amide bonds. The molecule has 3 heteroatoms. The van der Waals surface area contributed by atoms with E-state index in [1.807, 2.05) is 0 Å². The van der Waals surface area contributed by atoms with Gasteiger partial charge in [-0.25, -0.2) is 4.39 Å². The maximum absolute atomic E-state index is 13.5. The first-order valence-electron chi connectivity index (χ1n) is 5.76. The predicted octanol–water partition coefficient (Wildman–Crippen LogP) is 1.73. The van der Waals surface area contributed by atoms with Crippen LogP contribution < -0.4 is 5.32 Å². The summed E-state index contributed by atoms with van der Waals surface area (Å²) >= 11 is 0. The normalized spacial score (nSPS) is 24.3. The van der Waals surface area contributed by atoms with Gasteiger partial charge in [-0.15, -0.1) is 0 Å². The Kier molecular flexibility index (Phi) is 3.26. The summed E-state index contributed by atoms with van der Waals surface area (Å²) in [6.45, 7) is 3.57. The molecule has 88 valence electrons.